The molecule has 1 aromatic rings. The first-order chi connectivity index (χ1) is 5.52. The van der Waals surface area contributed by atoms with Crippen LogP contribution in [0.25, 0.3) is 0 Å². The van der Waals surface area contributed by atoms with Gasteiger partial charge in [-0.3, -0.25) is 0 Å². The summed E-state index contributed by atoms with van der Waals surface area (Å²) in [5, 5.41) is 0. The van der Waals surface area contributed by atoms with Crippen molar-refractivity contribution in [3.05, 3.63) is 30.3 Å². The van der Waals surface area contributed by atoms with Crippen LogP contribution in [0, 0.1) is 0 Å². The molecule has 12 heavy (non-hydrogen) atoms. The minimum Gasteiger partial charge on any atom is -0.246 e. The molecular weight excluding hydrogens is 196 g/mol. The number of hydrogen-bond acceptors (Lipinski definition) is 2. The van der Waals surface area contributed by atoms with E-state index >= 15 is 0 Å². The van der Waals surface area contributed by atoms with E-state index in [0.717, 1.165) is 0 Å². The molecule has 1 atom stereocenters. The van der Waals surface area contributed by atoms with Crippen LogP contribution in [0.5, 0.6) is 0 Å². The highest BCUT2D eigenvalue weighted by Gasteiger charge is 2.30. The second-order valence-electron chi connectivity index (χ2n) is 2.19. The van der Waals surface area contributed by atoms with Crippen molar-refractivity contribution in [2.75, 3.05) is 6.26 Å². The molecule has 0 radical (unpaired) electrons. The molecule has 0 fully saturated rings. The lowest BCUT2D eigenvalue weighted by Crippen LogP contribution is -2.12. The molecule has 1 unspecified atom stereocenters. The van der Waals surface area contributed by atoms with Gasteiger partial charge in [-0.25, -0.2) is 4.55 Å². The minimum absolute atomic E-state index is 0.625. The fraction of sp³-hybridized carbons (Fsp3) is 0.143. The maximum absolute atomic E-state index is 10.7. The molecule has 0 heterocycles. The second kappa shape index (κ2) is 3.47. The Morgan fingerprint density at radius 2 is 1.75 bits per heavy atom. The zero-order chi connectivity index (χ0) is 9.19. The van der Waals surface area contributed by atoms with Crippen LogP contribution in [0.2, 0.25) is 0 Å². The van der Waals surface area contributed by atoms with E-state index < -0.39 is 19.1 Å². The van der Waals surface area contributed by atoms with E-state index in [1.165, 1.54) is 6.26 Å². The Balaban J connectivity index is 3.02. The largest absolute Gasteiger partial charge is 0.452 e. The number of rotatable bonds is 2. The topological polar surface area (TPSA) is 54.4 Å². The summed E-state index contributed by atoms with van der Waals surface area (Å²) in [5.41, 5.74) is 0. The zero-order valence-corrected chi connectivity index (χ0v) is 8.10. The van der Waals surface area contributed by atoms with Gasteiger partial charge in [0.2, 0.25) is 0 Å². The molecular formula is C7H9O3S2+. The molecule has 0 spiro atoms. The Kier molecular flexibility index (Phi) is 2.76. The molecule has 0 aliphatic heterocycles. The summed E-state index contributed by atoms with van der Waals surface area (Å²) in [5.74, 6) is 0. The molecule has 1 rings (SSSR count). The third-order valence-electron chi connectivity index (χ3n) is 1.39. The summed E-state index contributed by atoms with van der Waals surface area (Å²) in [6.45, 7) is 0. The van der Waals surface area contributed by atoms with Crippen LogP contribution in [0.15, 0.2) is 35.2 Å². The highest BCUT2D eigenvalue weighted by atomic mass is 33.2. The average Bonchev–Trinajstić information content (AvgIpc) is 2.03. The number of benzene rings is 1. The van der Waals surface area contributed by atoms with Gasteiger partial charge in [-0.2, -0.15) is 0 Å². The quantitative estimate of drug-likeness (QED) is 0.447. The summed E-state index contributed by atoms with van der Waals surface area (Å²) >= 11 is 0. The molecule has 1 N–H and O–H groups in total. The molecule has 0 saturated carbocycles. The van der Waals surface area contributed by atoms with Crippen LogP contribution in [0.3, 0.4) is 0 Å². The van der Waals surface area contributed by atoms with Gasteiger partial charge in [0, 0.05) is 0 Å². The van der Waals surface area contributed by atoms with Crippen molar-refractivity contribution in [3.63, 3.8) is 0 Å². The molecule has 3 nitrogen and oxygen atoms in total. The molecule has 66 valence electrons. The first kappa shape index (κ1) is 9.57. The highest BCUT2D eigenvalue weighted by Crippen LogP contribution is 2.14. The van der Waals surface area contributed by atoms with E-state index in [0.29, 0.717) is 4.90 Å². The summed E-state index contributed by atoms with van der Waals surface area (Å²) in [6.07, 6.45) is 1.48. The predicted molar refractivity (Wildman–Crippen MR) is 49.5 cm³/mol. The Morgan fingerprint density at radius 3 is 2.17 bits per heavy atom. The summed E-state index contributed by atoms with van der Waals surface area (Å²) in [4.78, 5) is 0.625. The van der Waals surface area contributed by atoms with E-state index in [-0.39, 0.29) is 0 Å². The fourth-order valence-corrected chi connectivity index (χ4v) is 2.58. The lowest BCUT2D eigenvalue weighted by atomic mass is 10.4. The van der Waals surface area contributed by atoms with Gasteiger partial charge >= 0.3 is 9.15 Å². The maximum atomic E-state index is 10.7. The number of hydrogen-bond donors (Lipinski definition) is 1. The van der Waals surface area contributed by atoms with Gasteiger partial charge in [0.1, 0.15) is 6.26 Å². The Labute approximate surface area is 73.9 Å². The minimum atomic E-state index is -3.93. The van der Waals surface area contributed by atoms with Crippen molar-refractivity contribution < 1.29 is 13.0 Å². The van der Waals surface area contributed by atoms with Gasteiger partial charge in [0.25, 0.3) is 0 Å². The van der Waals surface area contributed by atoms with Crippen LogP contribution >= 0.6 is 0 Å². The van der Waals surface area contributed by atoms with E-state index in [4.69, 9.17) is 4.55 Å². The van der Waals surface area contributed by atoms with Gasteiger partial charge in [-0.05, 0) is 12.1 Å². The summed E-state index contributed by atoms with van der Waals surface area (Å²) in [6, 6.07) is 8.63. The van der Waals surface area contributed by atoms with Crippen molar-refractivity contribution in [3.8, 4) is 0 Å². The molecule has 0 amide bonds. The molecule has 0 aromatic heterocycles. The first-order valence-corrected chi connectivity index (χ1v) is 6.80. The van der Waals surface area contributed by atoms with E-state index in [9.17, 15) is 8.42 Å². The molecule has 1 aromatic carbocycles. The van der Waals surface area contributed by atoms with E-state index in [2.05, 4.69) is 0 Å². The third-order valence-corrected chi connectivity index (χ3v) is 5.43. The lowest BCUT2D eigenvalue weighted by molar-refractivity contribution is 0.502. The van der Waals surface area contributed by atoms with Crippen LogP contribution in [-0.4, -0.2) is 19.2 Å². The molecule has 0 aliphatic rings. The fourth-order valence-electron chi connectivity index (χ4n) is 0.734. The summed E-state index contributed by atoms with van der Waals surface area (Å²) < 4.78 is 30.1. The average molecular weight is 205 g/mol. The van der Waals surface area contributed by atoms with Crippen LogP contribution in [0.1, 0.15) is 0 Å². The maximum Gasteiger partial charge on any atom is 0.452 e. The molecule has 5 heteroatoms. The van der Waals surface area contributed by atoms with Crippen LogP contribution in [0.4, 0.5) is 0 Å². The third kappa shape index (κ3) is 2.23. The van der Waals surface area contributed by atoms with Crippen molar-refractivity contribution in [1.82, 2.24) is 0 Å². The second-order valence-corrected chi connectivity index (χ2v) is 7.19. The monoisotopic (exact) mass is 205 g/mol. The van der Waals surface area contributed by atoms with Crippen LogP contribution in [-0.2, 0) is 19.1 Å². The SMILES string of the molecule is C[S+](c1ccccc1)S(=O)(=O)O. The Hall–Kier alpha value is -0.520. The van der Waals surface area contributed by atoms with E-state index in [1.807, 2.05) is 0 Å². The molecule has 0 bridgehead atoms. The highest BCUT2D eigenvalue weighted by molar-refractivity contribution is 8.67. The first-order valence-electron chi connectivity index (χ1n) is 3.21. The zero-order valence-electron chi connectivity index (χ0n) is 6.47. The predicted octanol–water partition coefficient (Wildman–Crippen LogP) is 1.10. The Morgan fingerprint density at radius 1 is 1.25 bits per heavy atom. The van der Waals surface area contributed by atoms with Crippen molar-refractivity contribution >= 4 is 19.1 Å². The standard InChI is InChI=1S/C7H8O3S2/c1-11(12(8,9)10)7-5-3-2-4-6-7/h2-6H,1H3/p+1. The van der Waals surface area contributed by atoms with Gasteiger partial charge in [0.15, 0.2) is 14.8 Å². The van der Waals surface area contributed by atoms with Gasteiger partial charge in [0.05, 0.1) is 0 Å². The Bertz CT molecular complexity index is 344. The summed E-state index contributed by atoms with van der Waals surface area (Å²) in [7, 11) is -5.05. The lowest BCUT2D eigenvalue weighted by Gasteiger charge is -1.95. The molecule has 0 aliphatic carbocycles. The van der Waals surface area contributed by atoms with Crippen molar-refractivity contribution in [1.29, 1.82) is 0 Å². The van der Waals surface area contributed by atoms with Crippen molar-refractivity contribution in [2.45, 2.75) is 4.90 Å². The van der Waals surface area contributed by atoms with Crippen molar-refractivity contribution in [2.24, 2.45) is 0 Å². The smallest absolute Gasteiger partial charge is 0.246 e. The van der Waals surface area contributed by atoms with Gasteiger partial charge in [-0.15, -0.1) is 8.42 Å². The normalized spacial score (nSPS) is 14.2. The van der Waals surface area contributed by atoms with Gasteiger partial charge < -0.3 is 0 Å². The van der Waals surface area contributed by atoms with E-state index in [1.54, 1.807) is 30.3 Å². The van der Waals surface area contributed by atoms with Crippen LogP contribution < -0.4 is 0 Å². The molecule has 0 saturated heterocycles. The van der Waals surface area contributed by atoms with Gasteiger partial charge in [-0.1, -0.05) is 18.2 Å².